The van der Waals surface area contributed by atoms with Gasteiger partial charge in [0.25, 0.3) is 6.02 Å². The highest BCUT2D eigenvalue weighted by Gasteiger charge is 2.16. The molecule has 1 atom stereocenters. The van der Waals surface area contributed by atoms with Gasteiger partial charge in [0.05, 0.1) is 6.61 Å². The lowest BCUT2D eigenvalue weighted by atomic mass is 10.1. The molecule has 0 aromatic carbocycles. The maximum absolute atomic E-state index is 5.57. The lowest BCUT2D eigenvalue weighted by Gasteiger charge is -2.06. The molecule has 4 heteroatoms. The normalized spacial score (nSPS) is 18.7. The van der Waals surface area contributed by atoms with E-state index in [-0.39, 0.29) is 6.04 Å². The SMILES string of the molecule is CCCCCCCCCCOCC1COC(N)=N1. The van der Waals surface area contributed by atoms with E-state index in [1.165, 1.54) is 44.9 Å². The molecule has 106 valence electrons. The third kappa shape index (κ3) is 7.54. The van der Waals surface area contributed by atoms with E-state index in [2.05, 4.69) is 11.9 Å². The highest BCUT2D eigenvalue weighted by Crippen LogP contribution is 2.08. The Bertz CT molecular complexity index is 232. The number of hydrogen-bond donors (Lipinski definition) is 1. The maximum Gasteiger partial charge on any atom is 0.282 e. The first kappa shape index (κ1) is 15.3. The molecule has 18 heavy (non-hydrogen) atoms. The van der Waals surface area contributed by atoms with E-state index >= 15 is 0 Å². The molecule has 1 aliphatic heterocycles. The first-order chi connectivity index (χ1) is 8.83. The van der Waals surface area contributed by atoms with Crippen molar-refractivity contribution < 1.29 is 9.47 Å². The minimum absolute atomic E-state index is 0.110. The molecule has 1 rings (SSSR count). The van der Waals surface area contributed by atoms with Crippen molar-refractivity contribution in [1.82, 2.24) is 0 Å². The number of nitrogens with zero attached hydrogens (tertiary/aromatic N) is 1. The van der Waals surface area contributed by atoms with Gasteiger partial charge in [-0.05, 0) is 6.42 Å². The summed E-state index contributed by atoms with van der Waals surface area (Å²) in [7, 11) is 0. The molecule has 0 amide bonds. The largest absolute Gasteiger partial charge is 0.463 e. The van der Waals surface area contributed by atoms with Gasteiger partial charge in [-0.2, -0.15) is 0 Å². The van der Waals surface area contributed by atoms with E-state index in [0.717, 1.165) is 13.0 Å². The highest BCUT2D eigenvalue weighted by molar-refractivity contribution is 5.73. The third-order valence-electron chi connectivity index (χ3n) is 3.19. The van der Waals surface area contributed by atoms with E-state index in [1.54, 1.807) is 0 Å². The smallest absolute Gasteiger partial charge is 0.282 e. The van der Waals surface area contributed by atoms with Crippen molar-refractivity contribution in [3.05, 3.63) is 0 Å². The number of hydrogen-bond acceptors (Lipinski definition) is 4. The van der Waals surface area contributed by atoms with Crippen molar-refractivity contribution in [2.75, 3.05) is 19.8 Å². The van der Waals surface area contributed by atoms with Gasteiger partial charge in [0.1, 0.15) is 12.6 Å². The van der Waals surface area contributed by atoms with Gasteiger partial charge in [-0.1, -0.05) is 51.9 Å². The number of unbranched alkanes of at least 4 members (excludes halogenated alkanes) is 7. The first-order valence-electron chi connectivity index (χ1n) is 7.36. The van der Waals surface area contributed by atoms with Crippen LogP contribution in [0.2, 0.25) is 0 Å². The van der Waals surface area contributed by atoms with Gasteiger partial charge in [0.15, 0.2) is 0 Å². The molecule has 0 aliphatic carbocycles. The number of ether oxygens (including phenoxy) is 2. The van der Waals surface area contributed by atoms with E-state index in [0.29, 0.717) is 19.2 Å². The zero-order chi connectivity index (χ0) is 13.1. The van der Waals surface area contributed by atoms with Crippen molar-refractivity contribution in [2.45, 2.75) is 64.3 Å². The lowest BCUT2D eigenvalue weighted by Crippen LogP contribution is -2.15. The van der Waals surface area contributed by atoms with Crippen LogP contribution in [0.4, 0.5) is 0 Å². The van der Waals surface area contributed by atoms with Crippen molar-refractivity contribution in [1.29, 1.82) is 0 Å². The second-order valence-corrected chi connectivity index (χ2v) is 4.98. The van der Waals surface area contributed by atoms with E-state index < -0.39 is 0 Å². The van der Waals surface area contributed by atoms with E-state index in [9.17, 15) is 0 Å². The summed E-state index contributed by atoms with van der Waals surface area (Å²) in [5, 5.41) is 0. The number of nitrogens with two attached hydrogens (primary N) is 1. The van der Waals surface area contributed by atoms with Crippen LogP contribution in [-0.4, -0.2) is 31.9 Å². The maximum atomic E-state index is 5.57. The van der Waals surface area contributed by atoms with Crippen molar-refractivity contribution >= 4 is 6.02 Å². The van der Waals surface area contributed by atoms with Gasteiger partial charge in [-0.3, -0.25) is 0 Å². The van der Waals surface area contributed by atoms with Gasteiger partial charge in [0, 0.05) is 6.61 Å². The fraction of sp³-hybridized carbons (Fsp3) is 0.929. The quantitative estimate of drug-likeness (QED) is 0.578. The average Bonchev–Trinajstić information content (AvgIpc) is 2.77. The summed E-state index contributed by atoms with van der Waals surface area (Å²) in [6.07, 6.45) is 10.6. The van der Waals surface area contributed by atoms with Gasteiger partial charge in [-0.25, -0.2) is 4.99 Å². The second kappa shape index (κ2) is 10.2. The lowest BCUT2D eigenvalue weighted by molar-refractivity contribution is 0.109. The molecule has 1 unspecified atom stereocenters. The van der Waals surface area contributed by atoms with Gasteiger partial charge < -0.3 is 15.2 Å². The second-order valence-electron chi connectivity index (χ2n) is 4.98. The van der Waals surface area contributed by atoms with Crippen LogP contribution < -0.4 is 5.73 Å². The molecule has 0 radical (unpaired) electrons. The number of rotatable bonds is 11. The fourth-order valence-electron chi connectivity index (χ4n) is 2.08. The van der Waals surface area contributed by atoms with Crippen LogP contribution in [0.1, 0.15) is 58.3 Å². The summed E-state index contributed by atoms with van der Waals surface area (Å²) in [4.78, 5) is 4.11. The van der Waals surface area contributed by atoms with Crippen molar-refractivity contribution in [2.24, 2.45) is 10.7 Å². The Hall–Kier alpha value is -0.770. The molecular formula is C14H28N2O2. The van der Waals surface area contributed by atoms with Crippen molar-refractivity contribution in [3.63, 3.8) is 0 Å². The first-order valence-corrected chi connectivity index (χ1v) is 7.36. The van der Waals surface area contributed by atoms with Crippen LogP contribution >= 0.6 is 0 Å². The molecule has 0 fully saturated rings. The summed E-state index contributed by atoms with van der Waals surface area (Å²) in [5.74, 6) is 0. The van der Waals surface area contributed by atoms with Crippen LogP contribution in [0, 0.1) is 0 Å². The Labute approximate surface area is 111 Å². The molecule has 0 saturated carbocycles. The molecule has 0 spiro atoms. The molecule has 0 aromatic heterocycles. The van der Waals surface area contributed by atoms with Crippen LogP contribution in [0.5, 0.6) is 0 Å². The molecule has 1 heterocycles. The third-order valence-corrected chi connectivity index (χ3v) is 3.19. The molecule has 2 N–H and O–H groups in total. The van der Waals surface area contributed by atoms with Crippen LogP contribution in [0.15, 0.2) is 4.99 Å². The number of amidine groups is 1. The van der Waals surface area contributed by atoms with Crippen molar-refractivity contribution in [3.8, 4) is 0 Å². The minimum atomic E-state index is 0.110. The monoisotopic (exact) mass is 256 g/mol. The Morgan fingerprint density at radius 1 is 1.17 bits per heavy atom. The summed E-state index contributed by atoms with van der Waals surface area (Å²) >= 11 is 0. The summed E-state index contributed by atoms with van der Waals surface area (Å²) in [5.41, 5.74) is 5.42. The van der Waals surface area contributed by atoms with Gasteiger partial charge >= 0.3 is 0 Å². The Morgan fingerprint density at radius 3 is 2.44 bits per heavy atom. The molecule has 0 aromatic rings. The van der Waals surface area contributed by atoms with Crippen LogP contribution in [0.25, 0.3) is 0 Å². The summed E-state index contributed by atoms with van der Waals surface area (Å²) in [6, 6.07) is 0.412. The van der Waals surface area contributed by atoms with Crippen LogP contribution in [-0.2, 0) is 9.47 Å². The average molecular weight is 256 g/mol. The Balaban J connectivity index is 1.76. The molecule has 0 bridgehead atoms. The standard InChI is InChI=1S/C14H28N2O2/c1-2-3-4-5-6-7-8-9-10-17-11-13-12-18-14(15)16-13/h13H,2-12H2,1H3,(H2,15,16). The molecule has 0 saturated heterocycles. The summed E-state index contributed by atoms with van der Waals surface area (Å²) < 4.78 is 10.6. The summed E-state index contributed by atoms with van der Waals surface area (Å²) in [6.45, 7) is 4.30. The fourth-order valence-corrected chi connectivity index (χ4v) is 2.08. The minimum Gasteiger partial charge on any atom is -0.463 e. The zero-order valence-corrected chi connectivity index (χ0v) is 11.7. The zero-order valence-electron chi connectivity index (χ0n) is 11.7. The highest BCUT2D eigenvalue weighted by atomic mass is 16.5. The van der Waals surface area contributed by atoms with Crippen LogP contribution in [0.3, 0.4) is 0 Å². The Kier molecular flexibility index (Phi) is 8.65. The Morgan fingerprint density at radius 2 is 1.83 bits per heavy atom. The number of aliphatic imine (C=N–C) groups is 1. The van der Waals surface area contributed by atoms with Gasteiger partial charge in [-0.15, -0.1) is 0 Å². The van der Waals surface area contributed by atoms with E-state index in [4.69, 9.17) is 15.2 Å². The topological polar surface area (TPSA) is 56.8 Å². The predicted molar refractivity (Wildman–Crippen MR) is 74.8 cm³/mol. The predicted octanol–water partition coefficient (Wildman–Crippen LogP) is 2.86. The van der Waals surface area contributed by atoms with Gasteiger partial charge in [0.2, 0.25) is 0 Å². The van der Waals surface area contributed by atoms with E-state index in [1.807, 2.05) is 0 Å². The molecule has 4 nitrogen and oxygen atoms in total. The molecular weight excluding hydrogens is 228 g/mol. The molecule has 1 aliphatic rings.